The van der Waals surface area contributed by atoms with E-state index in [4.69, 9.17) is 19.3 Å². The van der Waals surface area contributed by atoms with Crippen molar-refractivity contribution in [2.45, 2.75) is 25.4 Å². The molecule has 1 fully saturated rings. The van der Waals surface area contributed by atoms with E-state index in [1.54, 1.807) is 18.2 Å². The molecule has 0 aliphatic carbocycles. The van der Waals surface area contributed by atoms with Crippen LogP contribution in [0.25, 0.3) is 0 Å². The van der Waals surface area contributed by atoms with Gasteiger partial charge in [-0.3, -0.25) is 4.79 Å². The molecule has 0 unspecified atom stereocenters. The van der Waals surface area contributed by atoms with Crippen LogP contribution in [0.1, 0.15) is 18.4 Å². The summed E-state index contributed by atoms with van der Waals surface area (Å²) in [6, 6.07) is 7.15. The normalized spacial score (nSPS) is 16.0. The summed E-state index contributed by atoms with van der Waals surface area (Å²) in [4.78, 5) is 10.6. The lowest BCUT2D eigenvalue weighted by atomic mass is 10.1. The molecule has 0 bridgehead atoms. The van der Waals surface area contributed by atoms with E-state index in [1.807, 2.05) is 6.07 Å². The first-order valence-electron chi connectivity index (χ1n) is 6.87. The highest BCUT2D eigenvalue weighted by Crippen LogP contribution is 2.14. The second-order valence-electron chi connectivity index (χ2n) is 4.75. The summed E-state index contributed by atoms with van der Waals surface area (Å²) in [5.41, 5.74) is 0.736. The number of benzene rings is 1. The maximum atomic E-state index is 10.6. The molecule has 2 rings (SSSR count). The second kappa shape index (κ2) is 7.87. The van der Waals surface area contributed by atoms with Gasteiger partial charge in [0.05, 0.1) is 19.1 Å². The van der Waals surface area contributed by atoms with Crippen LogP contribution in [0, 0.1) is 0 Å². The summed E-state index contributed by atoms with van der Waals surface area (Å²) in [6.07, 6.45) is 2.16. The number of carboxylic acids is 1. The van der Waals surface area contributed by atoms with Crippen molar-refractivity contribution in [3.63, 3.8) is 0 Å². The summed E-state index contributed by atoms with van der Waals surface area (Å²) >= 11 is 0. The Morgan fingerprint density at radius 2 is 2.10 bits per heavy atom. The van der Waals surface area contributed by atoms with Crippen molar-refractivity contribution in [3.05, 3.63) is 29.8 Å². The Kier molecular flexibility index (Phi) is 5.83. The lowest BCUT2D eigenvalue weighted by Crippen LogP contribution is -2.25. The number of carboxylic acid groups (broad SMARTS) is 1. The van der Waals surface area contributed by atoms with Crippen LogP contribution in [0.15, 0.2) is 24.3 Å². The van der Waals surface area contributed by atoms with E-state index in [9.17, 15) is 4.79 Å². The summed E-state index contributed by atoms with van der Waals surface area (Å²) < 4.78 is 16.5. The van der Waals surface area contributed by atoms with Gasteiger partial charge in [0, 0.05) is 13.2 Å². The van der Waals surface area contributed by atoms with Gasteiger partial charge in [-0.25, -0.2) is 0 Å². The number of carbonyl (C=O) groups is 1. The third-order valence-electron chi connectivity index (χ3n) is 3.13. The molecule has 1 aliphatic rings. The average molecular weight is 280 g/mol. The molecular formula is C15H20O5. The van der Waals surface area contributed by atoms with Crippen molar-refractivity contribution in [2.75, 3.05) is 26.4 Å². The van der Waals surface area contributed by atoms with Crippen LogP contribution in [0.3, 0.4) is 0 Å². The molecule has 20 heavy (non-hydrogen) atoms. The van der Waals surface area contributed by atoms with Gasteiger partial charge in [0.25, 0.3) is 0 Å². The van der Waals surface area contributed by atoms with Crippen LogP contribution in [-0.4, -0.2) is 43.6 Å². The largest absolute Gasteiger partial charge is 0.491 e. The standard InChI is InChI=1S/C15H20O5/c16-15(17)11-12-2-1-3-14(10-12)20-9-8-19-13-4-6-18-7-5-13/h1-3,10,13H,4-9,11H2,(H,16,17). The molecule has 0 radical (unpaired) electrons. The topological polar surface area (TPSA) is 65.0 Å². The van der Waals surface area contributed by atoms with Gasteiger partial charge in [-0.15, -0.1) is 0 Å². The monoisotopic (exact) mass is 280 g/mol. The van der Waals surface area contributed by atoms with E-state index < -0.39 is 5.97 Å². The minimum Gasteiger partial charge on any atom is -0.491 e. The van der Waals surface area contributed by atoms with E-state index >= 15 is 0 Å². The van der Waals surface area contributed by atoms with Gasteiger partial charge >= 0.3 is 5.97 Å². The lowest BCUT2D eigenvalue weighted by molar-refractivity contribution is -0.136. The summed E-state index contributed by atoms with van der Waals surface area (Å²) in [5, 5.41) is 8.75. The van der Waals surface area contributed by atoms with Gasteiger partial charge in [-0.1, -0.05) is 12.1 Å². The Balaban J connectivity index is 1.69. The van der Waals surface area contributed by atoms with Crippen molar-refractivity contribution in [1.29, 1.82) is 0 Å². The fraction of sp³-hybridized carbons (Fsp3) is 0.533. The van der Waals surface area contributed by atoms with Gasteiger partial charge in [0.2, 0.25) is 0 Å². The highest BCUT2D eigenvalue weighted by Gasteiger charge is 2.13. The lowest BCUT2D eigenvalue weighted by Gasteiger charge is -2.22. The number of rotatable bonds is 7. The molecule has 0 atom stereocenters. The number of ether oxygens (including phenoxy) is 3. The fourth-order valence-corrected chi connectivity index (χ4v) is 2.14. The number of hydrogen-bond donors (Lipinski definition) is 1. The minimum absolute atomic E-state index is 0.00970. The van der Waals surface area contributed by atoms with Gasteiger partial charge in [-0.2, -0.15) is 0 Å². The molecule has 5 nitrogen and oxygen atoms in total. The number of aliphatic carboxylic acids is 1. The van der Waals surface area contributed by atoms with Crippen molar-refractivity contribution in [2.24, 2.45) is 0 Å². The van der Waals surface area contributed by atoms with Crippen LogP contribution in [0.4, 0.5) is 0 Å². The zero-order chi connectivity index (χ0) is 14.2. The molecule has 0 saturated carbocycles. The molecule has 1 aliphatic heterocycles. The predicted octanol–water partition coefficient (Wildman–Crippen LogP) is 1.89. The van der Waals surface area contributed by atoms with Crippen LogP contribution in [0.2, 0.25) is 0 Å². The van der Waals surface area contributed by atoms with Crippen molar-refractivity contribution in [1.82, 2.24) is 0 Å². The van der Waals surface area contributed by atoms with Gasteiger partial charge in [0.15, 0.2) is 0 Å². The van der Waals surface area contributed by atoms with Crippen molar-refractivity contribution < 1.29 is 24.1 Å². The molecule has 0 spiro atoms. The molecule has 5 heteroatoms. The molecule has 0 aromatic heterocycles. The maximum absolute atomic E-state index is 10.6. The third-order valence-corrected chi connectivity index (χ3v) is 3.13. The Hall–Kier alpha value is -1.59. The van der Waals surface area contributed by atoms with E-state index in [0.29, 0.717) is 19.0 Å². The second-order valence-corrected chi connectivity index (χ2v) is 4.75. The molecule has 110 valence electrons. The van der Waals surface area contributed by atoms with Crippen LogP contribution in [0.5, 0.6) is 5.75 Å². The molecule has 1 aromatic carbocycles. The van der Waals surface area contributed by atoms with Crippen LogP contribution >= 0.6 is 0 Å². The van der Waals surface area contributed by atoms with E-state index in [0.717, 1.165) is 31.6 Å². The smallest absolute Gasteiger partial charge is 0.307 e. The Morgan fingerprint density at radius 1 is 1.30 bits per heavy atom. The predicted molar refractivity (Wildman–Crippen MR) is 73.1 cm³/mol. The first kappa shape index (κ1) is 14.8. The van der Waals surface area contributed by atoms with Gasteiger partial charge < -0.3 is 19.3 Å². The highest BCUT2D eigenvalue weighted by atomic mass is 16.5. The average Bonchev–Trinajstić information content (AvgIpc) is 2.44. The van der Waals surface area contributed by atoms with E-state index in [2.05, 4.69) is 0 Å². The molecule has 1 saturated heterocycles. The summed E-state index contributed by atoms with van der Waals surface area (Å²) in [5.74, 6) is -0.163. The Morgan fingerprint density at radius 3 is 2.85 bits per heavy atom. The summed E-state index contributed by atoms with van der Waals surface area (Å²) in [7, 11) is 0. The first-order chi connectivity index (χ1) is 9.74. The molecule has 1 N–H and O–H groups in total. The third kappa shape index (κ3) is 5.19. The zero-order valence-corrected chi connectivity index (χ0v) is 11.4. The Bertz CT molecular complexity index is 426. The number of hydrogen-bond acceptors (Lipinski definition) is 4. The van der Waals surface area contributed by atoms with Crippen LogP contribution in [-0.2, 0) is 20.7 Å². The molecule has 1 aromatic rings. The van der Waals surface area contributed by atoms with Crippen LogP contribution < -0.4 is 4.74 Å². The SMILES string of the molecule is O=C(O)Cc1cccc(OCCOC2CCOCC2)c1. The van der Waals surface area contributed by atoms with Gasteiger partial charge in [0.1, 0.15) is 12.4 Å². The molecule has 0 amide bonds. The quantitative estimate of drug-likeness (QED) is 0.773. The minimum atomic E-state index is -0.843. The van der Waals surface area contributed by atoms with Gasteiger partial charge in [-0.05, 0) is 30.5 Å². The molecular weight excluding hydrogens is 260 g/mol. The Labute approximate surface area is 118 Å². The summed E-state index contributed by atoms with van der Waals surface area (Å²) in [6.45, 7) is 2.53. The molecule has 1 heterocycles. The highest BCUT2D eigenvalue weighted by molar-refractivity contribution is 5.70. The van der Waals surface area contributed by atoms with E-state index in [1.165, 1.54) is 0 Å². The maximum Gasteiger partial charge on any atom is 0.307 e. The zero-order valence-electron chi connectivity index (χ0n) is 11.4. The first-order valence-corrected chi connectivity index (χ1v) is 6.87. The van der Waals surface area contributed by atoms with Crippen molar-refractivity contribution in [3.8, 4) is 5.75 Å². The van der Waals surface area contributed by atoms with E-state index in [-0.39, 0.29) is 12.5 Å². The fourth-order valence-electron chi connectivity index (χ4n) is 2.14. The van der Waals surface area contributed by atoms with Crippen molar-refractivity contribution >= 4 is 5.97 Å².